The first kappa shape index (κ1) is 11.4. The van der Waals surface area contributed by atoms with Crippen molar-refractivity contribution in [3.63, 3.8) is 0 Å². The van der Waals surface area contributed by atoms with Crippen LogP contribution < -0.4 is 5.32 Å². The molecule has 1 spiro atoms. The second kappa shape index (κ2) is 4.04. The molecule has 1 N–H and O–H groups in total. The van der Waals surface area contributed by atoms with Gasteiger partial charge in [-0.1, -0.05) is 20.8 Å². The van der Waals surface area contributed by atoms with Crippen LogP contribution in [0.25, 0.3) is 0 Å². The molecule has 0 aliphatic carbocycles. The minimum absolute atomic E-state index is 0.0389. The molecule has 3 nitrogen and oxygen atoms in total. The van der Waals surface area contributed by atoms with Crippen LogP contribution >= 0.6 is 0 Å². The molecular formula is C12H23NO2. The van der Waals surface area contributed by atoms with Gasteiger partial charge in [-0.25, -0.2) is 0 Å². The molecule has 2 aliphatic heterocycles. The average Bonchev–Trinajstić information content (AvgIpc) is 2.24. The highest BCUT2D eigenvalue weighted by atomic mass is 16.5. The molecule has 0 aromatic rings. The van der Waals surface area contributed by atoms with Crippen molar-refractivity contribution in [3.8, 4) is 0 Å². The summed E-state index contributed by atoms with van der Waals surface area (Å²) in [6.07, 6.45) is 3.35. The molecule has 2 heterocycles. The first-order valence-electron chi connectivity index (χ1n) is 6.09. The Balaban J connectivity index is 2.15. The van der Waals surface area contributed by atoms with Crippen LogP contribution in [-0.2, 0) is 9.47 Å². The van der Waals surface area contributed by atoms with E-state index in [0.717, 1.165) is 39.0 Å². The van der Waals surface area contributed by atoms with E-state index >= 15 is 0 Å². The van der Waals surface area contributed by atoms with E-state index in [1.807, 2.05) is 0 Å². The van der Waals surface area contributed by atoms with E-state index in [1.54, 1.807) is 0 Å². The second-order valence-electron chi connectivity index (χ2n) is 5.39. The van der Waals surface area contributed by atoms with Gasteiger partial charge in [-0.3, -0.25) is 5.32 Å². The summed E-state index contributed by atoms with van der Waals surface area (Å²) in [4.78, 5) is 0. The zero-order chi connectivity index (χ0) is 10.9. The summed E-state index contributed by atoms with van der Waals surface area (Å²) < 4.78 is 11.7. The molecule has 2 aliphatic rings. The molecule has 3 heteroatoms. The molecule has 2 rings (SSSR count). The van der Waals surface area contributed by atoms with Gasteiger partial charge < -0.3 is 9.47 Å². The third-order valence-electron chi connectivity index (χ3n) is 4.04. The molecule has 0 amide bonds. The number of hydrogen-bond acceptors (Lipinski definition) is 3. The second-order valence-corrected chi connectivity index (χ2v) is 5.39. The lowest BCUT2D eigenvalue weighted by Crippen LogP contribution is -2.63. The zero-order valence-corrected chi connectivity index (χ0v) is 10.1. The molecule has 0 aromatic heterocycles. The van der Waals surface area contributed by atoms with Gasteiger partial charge in [0.25, 0.3) is 0 Å². The third-order valence-corrected chi connectivity index (χ3v) is 4.04. The van der Waals surface area contributed by atoms with Crippen molar-refractivity contribution in [2.24, 2.45) is 5.41 Å². The van der Waals surface area contributed by atoms with Crippen LogP contribution in [0, 0.1) is 5.41 Å². The third kappa shape index (κ3) is 1.93. The first-order valence-corrected chi connectivity index (χ1v) is 6.09. The van der Waals surface area contributed by atoms with E-state index in [1.165, 1.54) is 0 Å². The van der Waals surface area contributed by atoms with E-state index in [2.05, 4.69) is 26.1 Å². The van der Waals surface area contributed by atoms with Crippen molar-refractivity contribution in [3.05, 3.63) is 0 Å². The Morgan fingerprint density at radius 3 is 2.53 bits per heavy atom. The molecule has 0 bridgehead atoms. The Hall–Kier alpha value is -0.120. The molecule has 0 saturated carbocycles. The predicted molar refractivity (Wildman–Crippen MR) is 59.7 cm³/mol. The Bertz CT molecular complexity index is 222. The fourth-order valence-electron chi connectivity index (χ4n) is 2.73. The summed E-state index contributed by atoms with van der Waals surface area (Å²) in [5.74, 6) is 0. The maximum Gasteiger partial charge on any atom is 0.108 e. The van der Waals surface area contributed by atoms with Crippen LogP contribution in [0.15, 0.2) is 0 Å². The number of ether oxygens (including phenoxy) is 2. The van der Waals surface area contributed by atoms with Crippen LogP contribution in [0.2, 0.25) is 0 Å². The highest BCUT2D eigenvalue weighted by molar-refractivity contribution is 5.00. The lowest BCUT2D eigenvalue weighted by molar-refractivity contribution is -0.231. The Labute approximate surface area is 92.5 Å². The maximum absolute atomic E-state index is 6.29. The molecular weight excluding hydrogens is 190 g/mol. The van der Waals surface area contributed by atoms with Gasteiger partial charge in [-0.15, -0.1) is 0 Å². The molecule has 0 aromatic carbocycles. The van der Waals surface area contributed by atoms with E-state index in [9.17, 15) is 0 Å². The molecule has 2 saturated heterocycles. The topological polar surface area (TPSA) is 30.5 Å². The Morgan fingerprint density at radius 1 is 1.27 bits per heavy atom. The highest BCUT2D eigenvalue weighted by Gasteiger charge is 2.50. The predicted octanol–water partition coefficient (Wildman–Crippen LogP) is 1.92. The molecule has 1 unspecified atom stereocenters. The Morgan fingerprint density at radius 2 is 1.93 bits per heavy atom. The monoisotopic (exact) mass is 213 g/mol. The molecule has 1 atom stereocenters. The van der Waals surface area contributed by atoms with Crippen molar-refractivity contribution in [2.75, 3.05) is 19.8 Å². The van der Waals surface area contributed by atoms with E-state index < -0.39 is 0 Å². The fraction of sp³-hybridized carbons (Fsp3) is 1.00. The van der Waals surface area contributed by atoms with E-state index in [-0.39, 0.29) is 17.2 Å². The smallest absolute Gasteiger partial charge is 0.108 e. The van der Waals surface area contributed by atoms with Crippen molar-refractivity contribution in [1.29, 1.82) is 0 Å². The normalized spacial score (nSPS) is 34.2. The van der Waals surface area contributed by atoms with Crippen LogP contribution in [-0.4, -0.2) is 31.6 Å². The van der Waals surface area contributed by atoms with Gasteiger partial charge in [0.2, 0.25) is 0 Å². The van der Waals surface area contributed by atoms with Gasteiger partial charge in [0.1, 0.15) is 6.23 Å². The molecule has 2 fully saturated rings. The Kier molecular flexibility index (Phi) is 3.06. The number of nitrogens with one attached hydrogen (secondary N) is 1. The first-order chi connectivity index (χ1) is 7.10. The largest absolute Gasteiger partial charge is 0.381 e. The summed E-state index contributed by atoms with van der Waals surface area (Å²) in [6, 6.07) is 0. The van der Waals surface area contributed by atoms with Crippen molar-refractivity contribution >= 4 is 0 Å². The van der Waals surface area contributed by atoms with Crippen LogP contribution in [0.3, 0.4) is 0 Å². The van der Waals surface area contributed by atoms with Gasteiger partial charge in [0.15, 0.2) is 0 Å². The molecule has 0 radical (unpaired) electrons. The van der Waals surface area contributed by atoms with Crippen molar-refractivity contribution in [2.45, 2.75) is 51.9 Å². The lowest BCUT2D eigenvalue weighted by Gasteiger charge is -2.54. The van der Waals surface area contributed by atoms with E-state index in [4.69, 9.17) is 9.47 Å². The van der Waals surface area contributed by atoms with Crippen LogP contribution in [0.1, 0.15) is 40.0 Å². The lowest BCUT2D eigenvalue weighted by atomic mass is 9.69. The minimum Gasteiger partial charge on any atom is -0.381 e. The van der Waals surface area contributed by atoms with Crippen LogP contribution in [0.4, 0.5) is 0 Å². The minimum atomic E-state index is 0.0389. The van der Waals surface area contributed by atoms with E-state index in [0.29, 0.717) is 0 Å². The summed E-state index contributed by atoms with van der Waals surface area (Å²) in [6.45, 7) is 9.52. The summed E-state index contributed by atoms with van der Waals surface area (Å²) in [5, 5.41) is 3.47. The summed E-state index contributed by atoms with van der Waals surface area (Å²) in [7, 11) is 0. The molecule has 88 valence electrons. The molecule has 15 heavy (non-hydrogen) atoms. The van der Waals surface area contributed by atoms with Gasteiger partial charge in [0.05, 0.1) is 5.60 Å². The van der Waals surface area contributed by atoms with Gasteiger partial charge >= 0.3 is 0 Å². The SMILES string of the molecule is CCC1NCC(C)(C)C2(CCOCC2)O1. The highest BCUT2D eigenvalue weighted by Crippen LogP contribution is 2.44. The summed E-state index contributed by atoms with van der Waals surface area (Å²) in [5.41, 5.74) is 0.250. The standard InChI is InChI=1S/C12H23NO2/c1-4-10-13-9-11(2,3)12(15-10)5-7-14-8-6-12/h10,13H,4-9H2,1-3H3. The van der Waals surface area contributed by atoms with Crippen molar-refractivity contribution in [1.82, 2.24) is 5.32 Å². The average molecular weight is 213 g/mol. The number of hydrogen-bond donors (Lipinski definition) is 1. The summed E-state index contributed by atoms with van der Waals surface area (Å²) >= 11 is 0. The van der Waals surface area contributed by atoms with Crippen molar-refractivity contribution < 1.29 is 9.47 Å². The quantitative estimate of drug-likeness (QED) is 0.722. The van der Waals surface area contributed by atoms with Gasteiger partial charge in [0, 0.05) is 38.0 Å². The van der Waals surface area contributed by atoms with Gasteiger partial charge in [-0.2, -0.15) is 0 Å². The van der Waals surface area contributed by atoms with Crippen LogP contribution in [0.5, 0.6) is 0 Å². The zero-order valence-electron chi connectivity index (χ0n) is 10.1. The number of rotatable bonds is 1. The fourth-order valence-corrected chi connectivity index (χ4v) is 2.73. The van der Waals surface area contributed by atoms with Gasteiger partial charge in [-0.05, 0) is 6.42 Å². The maximum atomic E-state index is 6.29.